The number of benzene rings is 1. The molecule has 1 heterocycles. The van der Waals surface area contributed by atoms with Gasteiger partial charge >= 0.3 is 0 Å². The molecule has 0 saturated heterocycles. The van der Waals surface area contributed by atoms with Crippen molar-refractivity contribution in [3.8, 4) is 0 Å². The summed E-state index contributed by atoms with van der Waals surface area (Å²) in [5, 5.41) is 0.811. The SMILES string of the molecule is Cc1ccc2c(C(N)=O)cccc2n1. The molecule has 0 fully saturated rings. The highest BCUT2D eigenvalue weighted by Crippen LogP contribution is 2.16. The summed E-state index contributed by atoms with van der Waals surface area (Å²) in [5.74, 6) is -0.416. The van der Waals surface area contributed by atoms with Gasteiger partial charge in [0.2, 0.25) is 5.91 Å². The standard InChI is InChI=1S/C11H10N2O/c1-7-5-6-8-9(11(12)14)3-2-4-10(8)13-7/h2-6H,1H3,(H2,12,14). The number of rotatable bonds is 1. The Morgan fingerprint density at radius 2 is 2.07 bits per heavy atom. The molecule has 0 radical (unpaired) electrons. The van der Waals surface area contributed by atoms with Crippen molar-refractivity contribution in [2.45, 2.75) is 6.92 Å². The zero-order chi connectivity index (χ0) is 10.1. The summed E-state index contributed by atoms with van der Waals surface area (Å²) in [6.45, 7) is 1.91. The Bertz CT molecular complexity index is 506. The van der Waals surface area contributed by atoms with Crippen molar-refractivity contribution in [2.24, 2.45) is 5.73 Å². The Morgan fingerprint density at radius 1 is 1.29 bits per heavy atom. The molecule has 0 saturated carbocycles. The minimum absolute atomic E-state index is 0.416. The minimum atomic E-state index is -0.416. The number of aromatic nitrogens is 1. The van der Waals surface area contributed by atoms with Crippen LogP contribution < -0.4 is 5.73 Å². The van der Waals surface area contributed by atoms with Gasteiger partial charge in [-0.2, -0.15) is 0 Å². The smallest absolute Gasteiger partial charge is 0.249 e. The number of primary amides is 1. The summed E-state index contributed by atoms with van der Waals surface area (Å²) in [6.07, 6.45) is 0. The first-order valence-corrected chi connectivity index (χ1v) is 4.34. The van der Waals surface area contributed by atoms with Crippen molar-refractivity contribution in [1.29, 1.82) is 0 Å². The fraction of sp³-hybridized carbons (Fsp3) is 0.0909. The third-order valence-corrected chi connectivity index (χ3v) is 2.14. The highest BCUT2D eigenvalue weighted by molar-refractivity contribution is 6.05. The Labute approximate surface area is 81.6 Å². The lowest BCUT2D eigenvalue weighted by molar-refractivity contribution is 0.100. The molecular formula is C11H10N2O. The predicted molar refractivity (Wildman–Crippen MR) is 55.0 cm³/mol. The number of amides is 1. The molecule has 3 nitrogen and oxygen atoms in total. The van der Waals surface area contributed by atoms with E-state index in [0.717, 1.165) is 16.6 Å². The van der Waals surface area contributed by atoms with Crippen molar-refractivity contribution in [1.82, 2.24) is 4.98 Å². The monoisotopic (exact) mass is 186 g/mol. The molecule has 3 heteroatoms. The first kappa shape index (κ1) is 8.69. The number of carbonyl (C=O) groups excluding carboxylic acids is 1. The topological polar surface area (TPSA) is 56.0 Å². The van der Waals surface area contributed by atoms with Gasteiger partial charge in [-0.05, 0) is 25.1 Å². The number of nitrogens with two attached hydrogens (primary N) is 1. The lowest BCUT2D eigenvalue weighted by atomic mass is 10.1. The van der Waals surface area contributed by atoms with E-state index in [1.165, 1.54) is 0 Å². The first-order chi connectivity index (χ1) is 6.68. The van der Waals surface area contributed by atoms with Crippen LogP contribution in [0, 0.1) is 6.92 Å². The quantitative estimate of drug-likeness (QED) is 0.736. The molecule has 2 N–H and O–H groups in total. The van der Waals surface area contributed by atoms with Crippen LogP contribution in [0.4, 0.5) is 0 Å². The summed E-state index contributed by atoms with van der Waals surface area (Å²) in [7, 11) is 0. The molecule has 1 aromatic carbocycles. The highest BCUT2D eigenvalue weighted by Gasteiger charge is 2.05. The molecule has 0 bridgehead atoms. The molecule has 1 aromatic heterocycles. The lowest BCUT2D eigenvalue weighted by Crippen LogP contribution is -2.11. The molecule has 0 aliphatic rings. The van der Waals surface area contributed by atoms with Crippen molar-refractivity contribution in [2.75, 3.05) is 0 Å². The molecule has 2 aromatic rings. The van der Waals surface area contributed by atoms with Gasteiger partial charge in [-0.15, -0.1) is 0 Å². The largest absolute Gasteiger partial charge is 0.366 e. The van der Waals surface area contributed by atoms with E-state index in [1.54, 1.807) is 12.1 Å². The average Bonchev–Trinajstić information content (AvgIpc) is 2.16. The Morgan fingerprint density at radius 3 is 2.79 bits per heavy atom. The number of aryl methyl sites for hydroxylation is 1. The van der Waals surface area contributed by atoms with E-state index in [0.29, 0.717) is 5.56 Å². The van der Waals surface area contributed by atoms with Gasteiger partial charge in [0.25, 0.3) is 0 Å². The third-order valence-electron chi connectivity index (χ3n) is 2.14. The molecule has 2 rings (SSSR count). The third kappa shape index (κ3) is 1.33. The molecule has 70 valence electrons. The fourth-order valence-corrected chi connectivity index (χ4v) is 1.47. The average molecular weight is 186 g/mol. The van der Waals surface area contributed by atoms with E-state index in [1.807, 2.05) is 25.1 Å². The van der Waals surface area contributed by atoms with E-state index in [2.05, 4.69) is 4.98 Å². The van der Waals surface area contributed by atoms with Crippen molar-refractivity contribution < 1.29 is 4.79 Å². The molecule has 0 spiro atoms. The Kier molecular flexibility index (Phi) is 1.93. The second-order valence-electron chi connectivity index (χ2n) is 3.19. The summed E-state index contributed by atoms with van der Waals surface area (Å²) in [4.78, 5) is 15.4. The van der Waals surface area contributed by atoms with Crippen LogP contribution >= 0.6 is 0 Å². The predicted octanol–water partition coefficient (Wildman–Crippen LogP) is 1.64. The van der Waals surface area contributed by atoms with Crippen LogP contribution in [0.3, 0.4) is 0 Å². The van der Waals surface area contributed by atoms with Crippen LogP contribution in [0.2, 0.25) is 0 Å². The van der Waals surface area contributed by atoms with Crippen LogP contribution in [0.15, 0.2) is 30.3 Å². The molecular weight excluding hydrogens is 176 g/mol. The number of hydrogen-bond acceptors (Lipinski definition) is 2. The van der Waals surface area contributed by atoms with Crippen molar-refractivity contribution in [3.05, 3.63) is 41.6 Å². The molecule has 0 unspecified atom stereocenters. The van der Waals surface area contributed by atoms with E-state index in [9.17, 15) is 4.79 Å². The number of fused-ring (bicyclic) bond motifs is 1. The van der Waals surface area contributed by atoms with Crippen LogP contribution in [0.5, 0.6) is 0 Å². The minimum Gasteiger partial charge on any atom is -0.366 e. The first-order valence-electron chi connectivity index (χ1n) is 4.34. The second kappa shape index (κ2) is 3.10. The lowest BCUT2D eigenvalue weighted by Gasteiger charge is -2.02. The molecule has 0 atom stereocenters. The zero-order valence-electron chi connectivity index (χ0n) is 7.82. The molecule has 0 aliphatic heterocycles. The van der Waals surface area contributed by atoms with Crippen LogP contribution in [0.1, 0.15) is 16.1 Å². The molecule has 14 heavy (non-hydrogen) atoms. The van der Waals surface area contributed by atoms with Gasteiger partial charge in [0.05, 0.1) is 5.52 Å². The number of nitrogens with zero attached hydrogens (tertiary/aromatic N) is 1. The van der Waals surface area contributed by atoms with E-state index < -0.39 is 5.91 Å². The summed E-state index contributed by atoms with van der Waals surface area (Å²) >= 11 is 0. The van der Waals surface area contributed by atoms with Gasteiger partial charge < -0.3 is 5.73 Å². The van der Waals surface area contributed by atoms with Gasteiger partial charge in [0.15, 0.2) is 0 Å². The normalized spacial score (nSPS) is 10.4. The van der Waals surface area contributed by atoms with Gasteiger partial charge in [-0.3, -0.25) is 9.78 Å². The highest BCUT2D eigenvalue weighted by atomic mass is 16.1. The van der Waals surface area contributed by atoms with Crippen molar-refractivity contribution >= 4 is 16.8 Å². The van der Waals surface area contributed by atoms with Crippen LogP contribution in [-0.4, -0.2) is 10.9 Å². The van der Waals surface area contributed by atoms with Gasteiger partial charge in [-0.1, -0.05) is 12.1 Å². The number of hydrogen-bond donors (Lipinski definition) is 1. The summed E-state index contributed by atoms with van der Waals surface area (Å²) in [5.41, 5.74) is 7.51. The van der Waals surface area contributed by atoms with Crippen LogP contribution in [-0.2, 0) is 0 Å². The number of carbonyl (C=O) groups is 1. The van der Waals surface area contributed by atoms with Gasteiger partial charge in [0, 0.05) is 16.6 Å². The van der Waals surface area contributed by atoms with E-state index >= 15 is 0 Å². The van der Waals surface area contributed by atoms with E-state index in [4.69, 9.17) is 5.73 Å². The van der Waals surface area contributed by atoms with Crippen LogP contribution in [0.25, 0.3) is 10.9 Å². The Hall–Kier alpha value is -1.90. The molecule has 1 amide bonds. The Balaban J connectivity index is 2.81. The second-order valence-corrected chi connectivity index (χ2v) is 3.19. The van der Waals surface area contributed by atoms with Crippen molar-refractivity contribution in [3.63, 3.8) is 0 Å². The van der Waals surface area contributed by atoms with Gasteiger partial charge in [0.1, 0.15) is 0 Å². The fourth-order valence-electron chi connectivity index (χ4n) is 1.47. The number of pyridine rings is 1. The maximum Gasteiger partial charge on any atom is 0.249 e. The summed E-state index contributed by atoms with van der Waals surface area (Å²) in [6, 6.07) is 9.11. The maximum absolute atomic E-state index is 11.1. The molecule has 0 aliphatic carbocycles. The zero-order valence-corrected chi connectivity index (χ0v) is 7.82. The van der Waals surface area contributed by atoms with E-state index in [-0.39, 0.29) is 0 Å². The van der Waals surface area contributed by atoms with Gasteiger partial charge in [-0.25, -0.2) is 0 Å². The maximum atomic E-state index is 11.1. The summed E-state index contributed by atoms with van der Waals surface area (Å²) < 4.78 is 0.